The highest BCUT2D eigenvalue weighted by Crippen LogP contribution is 2.26. The van der Waals surface area contributed by atoms with Gasteiger partial charge in [-0.1, -0.05) is 32.9 Å². The maximum Gasteiger partial charge on any atom is 0.221 e. The minimum absolute atomic E-state index is 0. The summed E-state index contributed by atoms with van der Waals surface area (Å²) in [5.41, 5.74) is 2.86. The lowest BCUT2D eigenvalue weighted by Crippen LogP contribution is -2.45. The van der Waals surface area contributed by atoms with Crippen LogP contribution in [0.3, 0.4) is 0 Å². The van der Waals surface area contributed by atoms with E-state index in [0.29, 0.717) is 12.5 Å². The second-order valence-electron chi connectivity index (χ2n) is 7.48. The number of benzene rings is 1. The van der Waals surface area contributed by atoms with Crippen LogP contribution in [0.15, 0.2) is 24.3 Å². The fraction of sp³-hybridized carbons (Fsp3) is 0.632. The van der Waals surface area contributed by atoms with Gasteiger partial charge in [-0.25, -0.2) is 0 Å². The van der Waals surface area contributed by atoms with Crippen molar-refractivity contribution in [1.82, 2.24) is 10.6 Å². The highest BCUT2D eigenvalue weighted by Gasteiger charge is 2.21. The van der Waals surface area contributed by atoms with Gasteiger partial charge in [-0.3, -0.25) is 4.79 Å². The predicted molar refractivity (Wildman–Crippen MR) is 112 cm³/mol. The lowest BCUT2D eigenvalue weighted by molar-refractivity contribution is -0.121. The molecule has 0 radical (unpaired) electrons. The zero-order valence-corrected chi connectivity index (χ0v) is 17.4. The van der Waals surface area contributed by atoms with Gasteiger partial charge in [0, 0.05) is 37.8 Å². The van der Waals surface area contributed by atoms with Gasteiger partial charge in [-0.15, -0.1) is 24.8 Å². The molecule has 1 amide bonds. The van der Waals surface area contributed by atoms with Crippen LogP contribution in [0.5, 0.6) is 0 Å². The molecule has 0 saturated carbocycles. The predicted octanol–water partition coefficient (Wildman–Crippen LogP) is 3.52. The first-order chi connectivity index (χ1) is 10.9. The van der Waals surface area contributed by atoms with E-state index in [-0.39, 0.29) is 36.1 Å². The average molecular weight is 390 g/mol. The van der Waals surface area contributed by atoms with Crippen molar-refractivity contribution in [3.8, 4) is 0 Å². The second-order valence-corrected chi connectivity index (χ2v) is 7.48. The first kappa shape index (κ1) is 24.0. The van der Waals surface area contributed by atoms with Crippen LogP contribution in [0.1, 0.15) is 45.6 Å². The molecule has 1 aliphatic heterocycles. The van der Waals surface area contributed by atoms with Crippen molar-refractivity contribution < 1.29 is 4.79 Å². The Morgan fingerprint density at radius 1 is 1.12 bits per heavy atom. The molecule has 0 atom stereocenters. The van der Waals surface area contributed by atoms with Gasteiger partial charge in [-0.05, 0) is 43.0 Å². The van der Waals surface area contributed by atoms with Crippen molar-refractivity contribution in [2.24, 2.45) is 0 Å². The third kappa shape index (κ3) is 7.43. The molecule has 1 fully saturated rings. The molecule has 0 aliphatic carbocycles. The summed E-state index contributed by atoms with van der Waals surface area (Å²) in [6, 6.07) is 9.25. The zero-order valence-electron chi connectivity index (χ0n) is 15.8. The first-order valence-electron chi connectivity index (χ1n) is 8.69. The van der Waals surface area contributed by atoms with Crippen LogP contribution in [0.25, 0.3) is 0 Å². The highest BCUT2D eigenvalue weighted by atomic mass is 35.5. The number of carbonyl (C=O) groups is 1. The third-order valence-electron chi connectivity index (χ3n) is 4.56. The van der Waals surface area contributed by atoms with Gasteiger partial charge in [0.05, 0.1) is 0 Å². The number of nitrogens with zero attached hydrogens (tertiary/aromatic N) is 1. The lowest BCUT2D eigenvalue weighted by Gasteiger charge is -2.34. The molecule has 4 nitrogen and oxygen atoms in total. The van der Waals surface area contributed by atoms with E-state index in [1.807, 2.05) is 7.05 Å². The summed E-state index contributed by atoms with van der Waals surface area (Å²) in [6.07, 6.45) is 2.60. The topological polar surface area (TPSA) is 44.4 Å². The van der Waals surface area contributed by atoms with Gasteiger partial charge in [-0.2, -0.15) is 0 Å². The Hall–Kier alpha value is -0.970. The minimum atomic E-state index is 0. The lowest BCUT2D eigenvalue weighted by atomic mass is 9.87. The van der Waals surface area contributed by atoms with E-state index in [1.54, 1.807) is 0 Å². The van der Waals surface area contributed by atoms with E-state index < -0.39 is 0 Å². The summed E-state index contributed by atoms with van der Waals surface area (Å²) in [6.45, 7) is 9.47. The van der Waals surface area contributed by atoms with Gasteiger partial charge in [0.15, 0.2) is 0 Å². The molecule has 1 saturated heterocycles. The molecule has 1 aliphatic rings. The Bertz CT molecular complexity index is 506. The molecule has 2 rings (SSSR count). The molecule has 25 heavy (non-hydrogen) atoms. The van der Waals surface area contributed by atoms with Gasteiger partial charge >= 0.3 is 0 Å². The van der Waals surface area contributed by atoms with Crippen LogP contribution >= 0.6 is 24.8 Å². The van der Waals surface area contributed by atoms with E-state index in [1.165, 1.54) is 11.3 Å². The van der Waals surface area contributed by atoms with E-state index >= 15 is 0 Å². The fourth-order valence-electron chi connectivity index (χ4n) is 2.99. The van der Waals surface area contributed by atoms with Crippen LogP contribution in [0.4, 0.5) is 5.69 Å². The summed E-state index contributed by atoms with van der Waals surface area (Å²) < 4.78 is 0. The van der Waals surface area contributed by atoms with Gasteiger partial charge in [0.1, 0.15) is 0 Å². The zero-order chi connectivity index (χ0) is 16.9. The number of anilines is 1. The van der Waals surface area contributed by atoms with Gasteiger partial charge < -0.3 is 15.5 Å². The summed E-state index contributed by atoms with van der Waals surface area (Å²) in [5.74, 6) is 0.160. The largest absolute Gasteiger partial charge is 0.371 e. The monoisotopic (exact) mass is 389 g/mol. The SMILES string of the molecule is CNCCC(=O)NC1CCN(c2ccc(C(C)(C)C)cc2)CC1.Cl.Cl. The summed E-state index contributed by atoms with van der Waals surface area (Å²) >= 11 is 0. The number of nitrogens with one attached hydrogen (secondary N) is 2. The molecule has 0 aromatic heterocycles. The average Bonchev–Trinajstić information content (AvgIpc) is 2.53. The summed E-state index contributed by atoms with van der Waals surface area (Å²) in [4.78, 5) is 14.2. The molecule has 1 aromatic carbocycles. The van der Waals surface area contributed by atoms with Crippen molar-refractivity contribution in [3.05, 3.63) is 29.8 Å². The molecule has 1 aromatic rings. The van der Waals surface area contributed by atoms with Crippen molar-refractivity contribution in [2.75, 3.05) is 31.6 Å². The molecule has 0 spiro atoms. The van der Waals surface area contributed by atoms with Gasteiger partial charge in [0.2, 0.25) is 5.91 Å². The molecule has 0 unspecified atom stereocenters. The number of halogens is 2. The smallest absolute Gasteiger partial charge is 0.221 e. The van der Waals surface area contributed by atoms with E-state index in [0.717, 1.165) is 32.5 Å². The van der Waals surface area contributed by atoms with Crippen LogP contribution < -0.4 is 15.5 Å². The number of amides is 1. The van der Waals surface area contributed by atoms with Crippen molar-refractivity contribution in [2.45, 2.75) is 51.5 Å². The number of carbonyl (C=O) groups excluding carboxylic acids is 1. The number of piperidine rings is 1. The maximum absolute atomic E-state index is 11.8. The van der Waals surface area contributed by atoms with Crippen LogP contribution in [-0.2, 0) is 10.2 Å². The van der Waals surface area contributed by atoms with Crippen LogP contribution in [-0.4, -0.2) is 38.6 Å². The number of hydrogen-bond donors (Lipinski definition) is 2. The Labute approximate surface area is 164 Å². The molecule has 1 heterocycles. The number of rotatable bonds is 5. The van der Waals surface area contributed by atoms with E-state index in [4.69, 9.17) is 0 Å². The molecule has 2 N–H and O–H groups in total. The Kier molecular flexibility index (Phi) is 10.5. The normalized spacial score (nSPS) is 15.1. The quantitative estimate of drug-likeness (QED) is 0.809. The molecule has 144 valence electrons. The first-order valence-corrected chi connectivity index (χ1v) is 8.69. The van der Waals surface area contributed by atoms with E-state index in [2.05, 4.69) is 60.6 Å². The van der Waals surface area contributed by atoms with Crippen LogP contribution in [0.2, 0.25) is 0 Å². The highest BCUT2D eigenvalue weighted by molar-refractivity contribution is 5.85. The fourth-order valence-corrected chi connectivity index (χ4v) is 2.99. The van der Waals surface area contributed by atoms with Crippen molar-refractivity contribution in [1.29, 1.82) is 0 Å². The van der Waals surface area contributed by atoms with Gasteiger partial charge in [0.25, 0.3) is 0 Å². The minimum Gasteiger partial charge on any atom is -0.371 e. The maximum atomic E-state index is 11.8. The van der Waals surface area contributed by atoms with E-state index in [9.17, 15) is 4.79 Å². The standard InChI is InChI=1S/C19H31N3O.2ClH/c1-19(2,3)15-5-7-17(8-6-15)22-13-10-16(11-14-22)21-18(23)9-12-20-4;;/h5-8,16,20H,9-14H2,1-4H3,(H,21,23);2*1H. The summed E-state index contributed by atoms with van der Waals surface area (Å²) in [5, 5.41) is 6.16. The molecular formula is C19H33Cl2N3O. The molecular weight excluding hydrogens is 357 g/mol. The Morgan fingerprint density at radius 2 is 1.68 bits per heavy atom. The number of hydrogen-bond acceptors (Lipinski definition) is 3. The van der Waals surface area contributed by atoms with Crippen molar-refractivity contribution >= 4 is 36.4 Å². The third-order valence-corrected chi connectivity index (χ3v) is 4.56. The molecule has 0 bridgehead atoms. The van der Waals surface area contributed by atoms with Crippen molar-refractivity contribution in [3.63, 3.8) is 0 Å². The Morgan fingerprint density at radius 3 is 2.16 bits per heavy atom. The summed E-state index contributed by atoms with van der Waals surface area (Å²) in [7, 11) is 1.87. The Balaban J connectivity index is 0.00000288. The molecule has 6 heteroatoms. The van der Waals surface area contributed by atoms with Crippen LogP contribution in [0, 0.1) is 0 Å². The second kappa shape index (κ2) is 10.9.